The predicted octanol–water partition coefficient (Wildman–Crippen LogP) is 3.44. The molecular weight excluding hydrogens is 257 g/mol. The molecule has 5 heteroatoms. The Hall–Kier alpha value is -2.07. The molecule has 2 N–H and O–H groups in total. The largest absolute Gasteiger partial charge is 0.506 e. The molecular formula is C13H9ClFNO2. The van der Waals surface area contributed by atoms with Crippen molar-refractivity contribution in [2.24, 2.45) is 0 Å². The molecule has 0 aliphatic heterocycles. The van der Waals surface area contributed by atoms with Gasteiger partial charge in [-0.1, -0.05) is 17.7 Å². The highest BCUT2D eigenvalue weighted by Crippen LogP contribution is 2.27. The summed E-state index contributed by atoms with van der Waals surface area (Å²) in [6, 6.07) is 9.73. The zero-order valence-corrected chi connectivity index (χ0v) is 9.91. The lowest BCUT2D eigenvalue weighted by atomic mass is 10.2. The third-order valence-electron chi connectivity index (χ3n) is 2.33. The maximum Gasteiger partial charge on any atom is 0.257 e. The first-order chi connectivity index (χ1) is 8.58. The zero-order valence-electron chi connectivity index (χ0n) is 9.15. The number of hydrogen-bond acceptors (Lipinski definition) is 2. The SMILES string of the molecule is O=C(Nc1ccc(F)cc1)c1cccc(O)c1Cl. The van der Waals surface area contributed by atoms with E-state index < -0.39 is 5.91 Å². The molecule has 3 nitrogen and oxygen atoms in total. The topological polar surface area (TPSA) is 49.3 Å². The number of halogens is 2. The Morgan fingerprint density at radius 3 is 2.50 bits per heavy atom. The van der Waals surface area contributed by atoms with E-state index in [1.807, 2.05) is 0 Å². The molecule has 0 fully saturated rings. The Bertz CT molecular complexity index is 584. The second-order valence-electron chi connectivity index (χ2n) is 3.60. The molecule has 0 aliphatic rings. The molecule has 0 bridgehead atoms. The summed E-state index contributed by atoms with van der Waals surface area (Å²) in [5.41, 5.74) is 0.599. The number of nitrogens with one attached hydrogen (secondary N) is 1. The monoisotopic (exact) mass is 265 g/mol. The van der Waals surface area contributed by atoms with Crippen LogP contribution < -0.4 is 5.32 Å². The van der Waals surface area contributed by atoms with E-state index in [1.165, 1.54) is 42.5 Å². The number of carbonyl (C=O) groups excluding carboxylic acids is 1. The molecule has 2 aromatic carbocycles. The Morgan fingerprint density at radius 2 is 1.83 bits per heavy atom. The van der Waals surface area contributed by atoms with Crippen LogP contribution in [-0.4, -0.2) is 11.0 Å². The van der Waals surface area contributed by atoms with Gasteiger partial charge in [-0.3, -0.25) is 4.79 Å². The van der Waals surface area contributed by atoms with Gasteiger partial charge in [0.2, 0.25) is 0 Å². The number of phenols is 1. The van der Waals surface area contributed by atoms with Gasteiger partial charge in [0.1, 0.15) is 11.6 Å². The van der Waals surface area contributed by atoms with Crippen LogP contribution in [0.25, 0.3) is 0 Å². The molecule has 1 amide bonds. The second kappa shape index (κ2) is 5.06. The number of hydrogen-bond donors (Lipinski definition) is 2. The lowest BCUT2D eigenvalue weighted by Crippen LogP contribution is -2.12. The Labute approximate surface area is 108 Å². The number of rotatable bonds is 2. The average molecular weight is 266 g/mol. The van der Waals surface area contributed by atoms with Gasteiger partial charge >= 0.3 is 0 Å². The molecule has 2 rings (SSSR count). The Kier molecular flexibility index (Phi) is 3.48. The van der Waals surface area contributed by atoms with E-state index in [0.717, 1.165) is 0 Å². The van der Waals surface area contributed by atoms with Crippen molar-refractivity contribution in [2.45, 2.75) is 0 Å². The molecule has 2 aromatic rings. The summed E-state index contributed by atoms with van der Waals surface area (Å²) in [5.74, 6) is -1.02. The lowest BCUT2D eigenvalue weighted by molar-refractivity contribution is 0.102. The number of benzene rings is 2. The fourth-order valence-electron chi connectivity index (χ4n) is 1.43. The third-order valence-corrected chi connectivity index (χ3v) is 2.72. The molecule has 0 saturated carbocycles. The first kappa shape index (κ1) is 12.4. The van der Waals surface area contributed by atoms with Gasteiger partial charge in [0.15, 0.2) is 0 Å². The van der Waals surface area contributed by atoms with Crippen LogP contribution in [0.5, 0.6) is 5.75 Å². The number of carbonyl (C=O) groups is 1. The minimum absolute atomic E-state index is 0.0166. The molecule has 0 spiro atoms. The van der Waals surface area contributed by atoms with Crippen LogP contribution in [-0.2, 0) is 0 Å². The molecule has 0 aliphatic carbocycles. The molecule has 0 unspecified atom stereocenters. The maximum atomic E-state index is 12.7. The zero-order chi connectivity index (χ0) is 13.1. The number of anilines is 1. The van der Waals surface area contributed by atoms with Crippen molar-refractivity contribution in [3.63, 3.8) is 0 Å². The van der Waals surface area contributed by atoms with Gasteiger partial charge < -0.3 is 10.4 Å². The van der Waals surface area contributed by atoms with E-state index in [4.69, 9.17) is 11.6 Å². The summed E-state index contributed by atoms with van der Waals surface area (Å²) < 4.78 is 12.7. The Balaban J connectivity index is 2.22. The van der Waals surface area contributed by atoms with Gasteiger partial charge in [0, 0.05) is 5.69 Å². The van der Waals surface area contributed by atoms with Crippen LogP contribution in [0.3, 0.4) is 0 Å². The van der Waals surface area contributed by atoms with Gasteiger partial charge in [0.25, 0.3) is 5.91 Å². The van der Waals surface area contributed by atoms with Crippen LogP contribution in [0.4, 0.5) is 10.1 Å². The lowest BCUT2D eigenvalue weighted by Gasteiger charge is -2.07. The number of phenolic OH excluding ortho intramolecular Hbond substituents is 1. The van der Waals surface area contributed by atoms with E-state index in [1.54, 1.807) is 0 Å². The molecule has 0 saturated heterocycles. The highest BCUT2D eigenvalue weighted by molar-refractivity contribution is 6.35. The summed E-state index contributed by atoms with van der Waals surface area (Å²) in [6.07, 6.45) is 0. The quantitative estimate of drug-likeness (QED) is 0.874. The Morgan fingerprint density at radius 1 is 1.17 bits per heavy atom. The number of amides is 1. The fraction of sp³-hybridized carbons (Fsp3) is 0. The summed E-state index contributed by atoms with van der Waals surface area (Å²) in [4.78, 5) is 11.9. The van der Waals surface area contributed by atoms with Gasteiger partial charge in [-0.2, -0.15) is 0 Å². The van der Waals surface area contributed by atoms with Crippen molar-refractivity contribution in [3.8, 4) is 5.75 Å². The summed E-state index contributed by atoms with van der Waals surface area (Å²) >= 11 is 5.81. The van der Waals surface area contributed by atoms with E-state index in [-0.39, 0.29) is 22.2 Å². The summed E-state index contributed by atoms with van der Waals surface area (Å²) in [5, 5.41) is 11.9. The van der Waals surface area contributed by atoms with Crippen molar-refractivity contribution >= 4 is 23.2 Å². The van der Waals surface area contributed by atoms with Gasteiger partial charge in [-0.15, -0.1) is 0 Å². The van der Waals surface area contributed by atoms with Gasteiger partial charge in [-0.05, 0) is 36.4 Å². The molecule has 92 valence electrons. The second-order valence-corrected chi connectivity index (χ2v) is 3.98. The molecule has 0 aromatic heterocycles. The highest BCUT2D eigenvalue weighted by atomic mass is 35.5. The minimum Gasteiger partial charge on any atom is -0.506 e. The summed E-state index contributed by atoms with van der Waals surface area (Å²) in [6.45, 7) is 0. The maximum absolute atomic E-state index is 12.7. The van der Waals surface area contributed by atoms with Crippen LogP contribution in [0.2, 0.25) is 5.02 Å². The molecule has 0 atom stereocenters. The normalized spacial score (nSPS) is 10.1. The van der Waals surface area contributed by atoms with Gasteiger partial charge in [-0.25, -0.2) is 4.39 Å². The van der Waals surface area contributed by atoms with Crippen LogP contribution in [0.15, 0.2) is 42.5 Å². The van der Waals surface area contributed by atoms with E-state index in [0.29, 0.717) is 5.69 Å². The standard InChI is InChI=1S/C13H9ClFNO2/c14-12-10(2-1-3-11(12)17)13(18)16-9-6-4-8(15)5-7-9/h1-7,17H,(H,16,18). The minimum atomic E-state index is -0.470. The molecule has 0 heterocycles. The van der Waals surface area contributed by atoms with E-state index in [9.17, 15) is 14.3 Å². The van der Waals surface area contributed by atoms with Crippen LogP contribution >= 0.6 is 11.6 Å². The van der Waals surface area contributed by atoms with Gasteiger partial charge in [0.05, 0.1) is 10.6 Å². The fourth-order valence-corrected chi connectivity index (χ4v) is 1.64. The van der Waals surface area contributed by atoms with E-state index >= 15 is 0 Å². The number of aromatic hydroxyl groups is 1. The molecule has 0 radical (unpaired) electrons. The third kappa shape index (κ3) is 2.60. The molecule has 18 heavy (non-hydrogen) atoms. The van der Waals surface area contributed by atoms with Crippen molar-refractivity contribution < 1.29 is 14.3 Å². The van der Waals surface area contributed by atoms with Crippen molar-refractivity contribution in [1.82, 2.24) is 0 Å². The highest BCUT2D eigenvalue weighted by Gasteiger charge is 2.13. The summed E-state index contributed by atoms with van der Waals surface area (Å²) in [7, 11) is 0. The van der Waals surface area contributed by atoms with E-state index in [2.05, 4.69) is 5.32 Å². The van der Waals surface area contributed by atoms with Crippen LogP contribution in [0.1, 0.15) is 10.4 Å². The average Bonchev–Trinajstić information content (AvgIpc) is 2.35. The smallest absolute Gasteiger partial charge is 0.257 e. The van der Waals surface area contributed by atoms with Crippen molar-refractivity contribution in [1.29, 1.82) is 0 Å². The van der Waals surface area contributed by atoms with Crippen LogP contribution in [0, 0.1) is 5.82 Å². The first-order valence-electron chi connectivity index (χ1n) is 5.12. The predicted molar refractivity (Wildman–Crippen MR) is 67.5 cm³/mol. The van der Waals surface area contributed by atoms with Crippen molar-refractivity contribution in [3.05, 3.63) is 58.9 Å². The first-order valence-corrected chi connectivity index (χ1v) is 5.50. The van der Waals surface area contributed by atoms with Crippen molar-refractivity contribution in [2.75, 3.05) is 5.32 Å².